The van der Waals surface area contributed by atoms with Crippen molar-refractivity contribution in [3.8, 4) is 0 Å². The highest BCUT2D eigenvalue weighted by atomic mass is 32.1. The fraction of sp³-hybridized carbons (Fsp3) is 0.318. The third kappa shape index (κ3) is 4.14. The summed E-state index contributed by atoms with van der Waals surface area (Å²) in [6.07, 6.45) is 0. The first kappa shape index (κ1) is 20.3. The molecule has 2 heterocycles. The van der Waals surface area contributed by atoms with Gasteiger partial charge in [0.05, 0.1) is 11.2 Å². The van der Waals surface area contributed by atoms with Gasteiger partial charge >= 0.3 is 0 Å². The van der Waals surface area contributed by atoms with Gasteiger partial charge in [-0.2, -0.15) is 0 Å². The molecule has 0 radical (unpaired) electrons. The van der Waals surface area contributed by atoms with Gasteiger partial charge in [0.25, 0.3) is 0 Å². The van der Waals surface area contributed by atoms with Gasteiger partial charge in [-0.3, -0.25) is 9.59 Å². The molecule has 156 valence electrons. The lowest BCUT2D eigenvalue weighted by molar-refractivity contribution is -0.129. The number of Topliss-reactive ketones (excluding diaryl/α,β-unsaturated/α-hetero) is 1. The Morgan fingerprint density at radius 1 is 1.10 bits per heavy atom. The van der Waals surface area contributed by atoms with Crippen molar-refractivity contribution in [2.45, 2.75) is 6.92 Å². The molecule has 8 heteroatoms. The number of fused-ring (bicyclic) bond motifs is 1. The smallest absolute Gasteiger partial charge is 0.242 e. The summed E-state index contributed by atoms with van der Waals surface area (Å²) in [5.74, 6) is -0.261. The van der Waals surface area contributed by atoms with Crippen molar-refractivity contribution in [1.29, 1.82) is 0 Å². The van der Waals surface area contributed by atoms with Gasteiger partial charge in [-0.15, -0.1) is 0 Å². The monoisotopic (exact) mass is 426 g/mol. The number of anilines is 2. The molecule has 0 unspecified atom stereocenters. The molecule has 0 bridgehead atoms. The summed E-state index contributed by atoms with van der Waals surface area (Å²) in [4.78, 5) is 34.4. The first-order chi connectivity index (χ1) is 14.4. The number of carbonyl (C=O) groups is 2. The van der Waals surface area contributed by atoms with Gasteiger partial charge in [0.2, 0.25) is 5.91 Å². The summed E-state index contributed by atoms with van der Waals surface area (Å²) in [5, 5.41) is 0.632. The topological polar surface area (TPSA) is 56.8 Å². The zero-order chi connectivity index (χ0) is 21.3. The Bertz CT molecular complexity index is 1070. The molecule has 4 rings (SSSR count). The summed E-state index contributed by atoms with van der Waals surface area (Å²) in [7, 11) is 1.81. The lowest BCUT2D eigenvalue weighted by atomic mass is 10.1. The van der Waals surface area contributed by atoms with Gasteiger partial charge < -0.3 is 14.7 Å². The van der Waals surface area contributed by atoms with Crippen LogP contribution in [0.5, 0.6) is 0 Å². The van der Waals surface area contributed by atoms with Gasteiger partial charge in [0.1, 0.15) is 11.3 Å². The molecule has 1 aliphatic rings. The number of likely N-dealkylation sites (N-methyl/N-ethyl adjacent to an activating group) is 1. The lowest BCUT2D eigenvalue weighted by Crippen LogP contribution is -2.51. The van der Waals surface area contributed by atoms with Crippen LogP contribution in [0, 0.1) is 5.82 Å². The SMILES string of the molecule is CC(=O)c1ccc(N2CCN(C(=O)CN(C)c3nc4c(F)cccc4s3)CC2)cc1. The molecule has 0 spiro atoms. The molecule has 1 saturated heterocycles. The number of nitrogens with zero attached hydrogens (tertiary/aromatic N) is 4. The third-order valence-electron chi connectivity index (χ3n) is 5.33. The number of para-hydroxylation sites is 1. The Hall–Kier alpha value is -3.00. The van der Waals surface area contributed by atoms with Crippen molar-refractivity contribution >= 4 is 44.1 Å². The fourth-order valence-electron chi connectivity index (χ4n) is 3.56. The largest absolute Gasteiger partial charge is 0.368 e. The normalized spacial score (nSPS) is 14.2. The molecule has 1 fully saturated rings. The molecule has 1 amide bonds. The van der Waals surface area contributed by atoms with Gasteiger partial charge in [-0.25, -0.2) is 9.37 Å². The first-order valence-corrected chi connectivity index (χ1v) is 10.6. The second kappa shape index (κ2) is 8.39. The second-order valence-electron chi connectivity index (χ2n) is 7.41. The van der Waals surface area contributed by atoms with Crippen LogP contribution in [-0.2, 0) is 4.79 Å². The molecule has 6 nitrogen and oxygen atoms in total. The molecule has 0 saturated carbocycles. The van der Waals surface area contributed by atoms with Crippen LogP contribution in [0.4, 0.5) is 15.2 Å². The molecule has 1 aliphatic heterocycles. The number of benzene rings is 2. The summed E-state index contributed by atoms with van der Waals surface area (Å²) >= 11 is 1.38. The first-order valence-electron chi connectivity index (χ1n) is 9.82. The van der Waals surface area contributed by atoms with E-state index >= 15 is 0 Å². The standard InChI is InChI=1S/C22H23FN4O2S/c1-15(28)16-6-8-17(9-7-16)26-10-12-27(13-11-26)20(29)14-25(2)22-24-21-18(23)4-3-5-19(21)30-22/h3-9H,10-14H2,1-2H3. The van der Waals surface area contributed by atoms with Gasteiger partial charge in [-0.1, -0.05) is 17.4 Å². The Morgan fingerprint density at radius 2 is 1.80 bits per heavy atom. The number of hydrogen-bond donors (Lipinski definition) is 0. The number of aromatic nitrogens is 1. The average Bonchev–Trinajstić information content (AvgIpc) is 3.20. The highest BCUT2D eigenvalue weighted by molar-refractivity contribution is 7.22. The predicted octanol–water partition coefficient (Wildman–Crippen LogP) is 3.42. The number of piperazine rings is 1. The summed E-state index contributed by atoms with van der Waals surface area (Å²) < 4.78 is 14.7. The molecule has 30 heavy (non-hydrogen) atoms. The molecule has 3 aromatic rings. The highest BCUT2D eigenvalue weighted by Crippen LogP contribution is 2.29. The van der Waals surface area contributed by atoms with E-state index in [1.807, 2.05) is 35.2 Å². The maximum Gasteiger partial charge on any atom is 0.242 e. The number of amides is 1. The van der Waals surface area contributed by atoms with Crippen molar-refractivity contribution in [1.82, 2.24) is 9.88 Å². The van der Waals surface area contributed by atoms with Crippen molar-refractivity contribution in [2.24, 2.45) is 0 Å². The van der Waals surface area contributed by atoms with Crippen molar-refractivity contribution < 1.29 is 14.0 Å². The molecular formula is C22H23FN4O2S. The summed E-state index contributed by atoms with van der Waals surface area (Å²) in [5.41, 5.74) is 2.10. The Balaban J connectivity index is 1.34. The second-order valence-corrected chi connectivity index (χ2v) is 8.42. The number of ketones is 1. The lowest BCUT2D eigenvalue weighted by Gasteiger charge is -2.36. The van der Waals surface area contributed by atoms with Gasteiger partial charge in [0.15, 0.2) is 10.9 Å². The van der Waals surface area contributed by atoms with Crippen LogP contribution in [0.2, 0.25) is 0 Å². The molecule has 2 aromatic carbocycles. The Labute approximate surface area is 178 Å². The van der Waals surface area contributed by atoms with Crippen LogP contribution in [0.25, 0.3) is 10.2 Å². The summed E-state index contributed by atoms with van der Waals surface area (Å²) in [6.45, 7) is 4.50. The Morgan fingerprint density at radius 3 is 2.43 bits per heavy atom. The Kier molecular flexibility index (Phi) is 5.67. The number of halogens is 1. The number of hydrogen-bond acceptors (Lipinski definition) is 6. The van der Waals surface area contributed by atoms with Crippen LogP contribution in [0.15, 0.2) is 42.5 Å². The van der Waals surface area contributed by atoms with Crippen molar-refractivity contribution in [2.75, 3.05) is 49.6 Å². The summed E-state index contributed by atoms with van der Waals surface area (Å²) in [6, 6.07) is 12.5. The average molecular weight is 427 g/mol. The third-order valence-corrected chi connectivity index (χ3v) is 6.46. The minimum atomic E-state index is -0.345. The van der Waals surface area contributed by atoms with Crippen molar-refractivity contribution in [3.05, 3.63) is 53.8 Å². The number of thiazole rings is 1. The van der Waals surface area contributed by atoms with E-state index in [2.05, 4.69) is 9.88 Å². The molecule has 0 aliphatic carbocycles. The van der Waals surface area contributed by atoms with Crippen LogP contribution in [0.3, 0.4) is 0 Å². The number of rotatable bonds is 5. The van der Waals surface area contributed by atoms with Crippen LogP contribution >= 0.6 is 11.3 Å². The van der Waals surface area contributed by atoms with E-state index in [0.717, 1.165) is 23.5 Å². The minimum Gasteiger partial charge on any atom is -0.368 e. The van der Waals surface area contributed by atoms with E-state index in [1.54, 1.807) is 24.9 Å². The van der Waals surface area contributed by atoms with Crippen LogP contribution in [-0.4, -0.2) is 61.3 Å². The maximum atomic E-state index is 13.9. The van der Waals surface area contributed by atoms with E-state index < -0.39 is 0 Å². The van der Waals surface area contributed by atoms with E-state index in [1.165, 1.54) is 17.4 Å². The van der Waals surface area contributed by atoms with Crippen molar-refractivity contribution in [3.63, 3.8) is 0 Å². The minimum absolute atomic E-state index is 0.0313. The molecular weight excluding hydrogens is 403 g/mol. The zero-order valence-corrected chi connectivity index (χ0v) is 17.8. The van der Waals surface area contributed by atoms with E-state index in [9.17, 15) is 14.0 Å². The maximum absolute atomic E-state index is 13.9. The van der Waals surface area contributed by atoms with Gasteiger partial charge in [-0.05, 0) is 43.3 Å². The van der Waals surface area contributed by atoms with Crippen LogP contribution < -0.4 is 9.80 Å². The van der Waals surface area contributed by atoms with E-state index in [0.29, 0.717) is 29.3 Å². The molecule has 0 atom stereocenters. The molecule has 0 N–H and O–H groups in total. The quantitative estimate of drug-likeness (QED) is 0.585. The highest BCUT2D eigenvalue weighted by Gasteiger charge is 2.23. The predicted molar refractivity (Wildman–Crippen MR) is 118 cm³/mol. The van der Waals surface area contributed by atoms with E-state index in [4.69, 9.17) is 0 Å². The molecule has 1 aromatic heterocycles. The van der Waals surface area contributed by atoms with Crippen LogP contribution in [0.1, 0.15) is 17.3 Å². The fourth-order valence-corrected chi connectivity index (χ4v) is 4.50. The van der Waals surface area contributed by atoms with E-state index in [-0.39, 0.29) is 24.1 Å². The van der Waals surface area contributed by atoms with Gasteiger partial charge in [0, 0.05) is 44.5 Å². The zero-order valence-electron chi connectivity index (χ0n) is 17.0. The number of carbonyl (C=O) groups excluding carboxylic acids is 2.